The minimum Gasteiger partial charge on any atom is -0.475 e. The summed E-state index contributed by atoms with van der Waals surface area (Å²) in [6.07, 6.45) is -0.578. The number of carboxylic acids is 1. The van der Waals surface area contributed by atoms with Gasteiger partial charge in [0.25, 0.3) is 0 Å². The van der Waals surface area contributed by atoms with Gasteiger partial charge < -0.3 is 5.11 Å². The molecule has 56 valence electrons. The Balaban J connectivity index is 4.08. The Hall–Kier alpha value is -1.17. The highest BCUT2D eigenvalue weighted by Gasteiger charge is 2.08. The van der Waals surface area contributed by atoms with Gasteiger partial charge in [-0.1, -0.05) is 0 Å². The highest BCUT2D eigenvalue weighted by Crippen LogP contribution is 1.76. The van der Waals surface area contributed by atoms with E-state index in [2.05, 4.69) is 0 Å². The second-order valence-electron chi connectivity index (χ2n) is 1.36. The maximum absolute atomic E-state index is 10.1. The Labute approximate surface area is 57.8 Å². The summed E-state index contributed by atoms with van der Waals surface area (Å²) in [5, 5.41) is 8.52. The summed E-state index contributed by atoms with van der Waals surface area (Å²) in [5.74, 6) is -2.76. The maximum Gasteiger partial charge on any atom is 0.372 e. The van der Waals surface area contributed by atoms with Crippen molar-refractivity contribution in [2.24, 2.45) is 0 Å². The first-order valence-electron chi connectivity index (χ1n) is 2.21. The van der Waals surface area contributed by atoms with Crippen molar-refractivity contribution in [1.82, 2.24) is 0 Å². The van der Waals surface area contributed by atoms with Gasteiger partial charge in [-0.15, -0.1) is 0 Å². The molecule has 0 aliphatic heterocycles. The number of hydrogen-bond acceptors (Lipinski definition) is 4. The molecule has 0 atom stereocenters. The lowest BCUT2D eigenvalue weighted by Gasteiger charge is -1.81. The van der Waals surface area contributed by atoms with Gasteiger partial charge in [0.15, 0.2) is 0 Å². The lowest BCUT2D eigenvalue weighted by Crippen LogP contribution is -2.12. The fourth-order valence-corrected chi connectivity index (χ4v) is 0.518. The first kappa shape index (κ1) is 8.83. The van der Waals surface area contributed by atoms with E-state index in [-0.39, 0.29) is 0 Å². The third-order valence-corrected chi connectivity index (χ3v) is 1.08. The summed E-state index contributed by atoms with van der Waals surface area (Å²) in [7, 11) is -2.46. The van der Waals surface area contributed by atoms with Crippen molar-refractivity contribution in [3.8, 4) is 0 Å². The summed E-state index contributed by atoms with van der Waals surface area (Å²) in [5.41, 5.74) is 0. The minimum absolute atomic E-state index is 0.578. The molecule has 0 fully saturated rings. The van der Waals surface area contributed by atoms with Crippen molar-refractivity contribution in [2.75, 3.05) is 0 Å². The van der Waals surface area contributed by atoms with Crippen molar-refractivity contribution >= 4 is 27.4 Å². The average molecular weight is 164 g/mol. The topological polar surface area (TPSA) is 88.5 Å². The molecule has 0 saturated carbocycles. The molecule has 0 spiro atoms. The molecule has 6 heteroatoms. The van der Waals surface area contributed by atoms with Crippen LogP contribution in [0.1, 0.15) is 6.42 Å². The highest BCUT2D eigenvalue weighted by atomic mass is 32.2. The molecular formula is C4H4O5S. The number of hydrogen-bond donors (Lipinski definition) is 1. The molecule has 0 aliphatic carbocycles. The zero-order valence-corrected chi connectivity index (χ0v) is 5.59. The minimum atomic E-state index is -2.46. The van der Waals surface area contributed by atoms with Gasteiger partial charge in [0.1, 0.15) is 0 Å². The van der Waals surface area contributed by atoms with Crippen molar-refractivity contribution in [1.29, 1.82) is 0 Å². The van der Waals surface area contributed by atoms with E-state index in [9.17, 15) is 18.0 Å². The first-order chi connectivity index (χ1) is 4.54. The Kier molecular flexibility index (Phi) is 3.34. The highest BCUT2D eigenvalue weighted by molar-refractivity contribution is 7.71. The van der Waals surface area contributed by atoms with Crippen LogP contribution in [0.2, 0.25) is 0 Å². The molecule has 0 aromatic heterocycles. The van der Waals surface area contributed by atoms with Crippen LogP contribution in [0.5, 0.6) is 0 Å². The van der Waals surface area contributed by atoms with Crippen LogP contribution >= 0.6 is 0 Å². The van der Waals surface area contributed by atoms with Crippen LogP contribution in [0.4, 0.5) is 0 Å². The van der Waals surface area contributed by atoms with Crippen LogP contribution in [0, 0.1) is 0 Å². The van der Waals surface area contributed by atoms with Gasteiger partial charge in [0.2, 0.25) is 16.1 Å². The smallest absolute Gasteiger partial charge is 0.372 e. The zero-order valence-electron chi connectivity index (χ0n) is 4.77. The van der Waals surface area contributed by atoms with Crippen LogP contribution in [0.15, 0.2) is 0 Å². The summed E-state index contributed by atoms with van der Waals surface area (Å²) < 4.78 is 19.5. The van der Waals surface area contributed by atoms with Gasteiger partial charge in [-0.3, -0.25) is 4.79 Å². The van der Waals surface area contributed by atoms with Gasteiger partial charge in [0.05, 0.1) is 6.42 Å². The van der Waals surface area contributed by atoms with Crippen molar-refractivity contribution in [2.45, 2.75) is 6.42 Å². The van der Waals surface area contributed by atoms with Crippen molar-refractivity contribution in [3.05, 3.63) is 0 Å². The molecule has 0 heterocycles. The fraction of sp³-hybridized carbons (Fsp3) is 0.250. The van der Waals surface area contributed by atoms with Crippen LogP contribution in [-0.4, -0.2) is 30.6 Å². The zero-order chi connectivity index (χ0) is 8.15. The predicted molar refractivity (Wildman–Crippen MR) is 32.2 cm³/mol. The van der Waals surface area contributed by atoms with Crippen molar-refractivity contribution < 1.29 is 23.1 Å². The van der Waals surface area contributed by atoms with E-state index in [1.807, 2.05) is 0 Å². The van der Waals surface area contributed by atoms with Gasteiger partial charge in [0, 0.05) is 5.37 Å². The molecule has 0 aromatic rings. The van der Waals surface area contributed by atoms with E-state index in [1.165, 1.54) is 0 Å². The molecule has 0 unspecified atom stereocenters. The van der Waals surface area contributed by atoms with Gasteiger partial charge in [-0.2, -0.15) is 8.42 Å². The number of Topliss-reactive ketones (excluding diaryl/α,β-unsaturated/α-hetero) is 1. The van der Waals surface area contributed by atoms with E-state index in [4.69, 9.17) is 5.11 Å². The van der Waals surface area contributed by atoms with E-state index < -0.39 is 28.5 Å². The van der Waals surface area contributed by atoms with Crippen LogP contribution in [-0.2, 0) is 19.9 Å². The molecule has 0 aromatic carbocycles. The standard InChI is InChI=1S/C4H4O5S/c5-3(4(6)7)1-2-10(8)9/h2H,1H2,(H,6,7). The number of rotatable bonds is 3. The summed E-state index contributed by atoms with van der Waals surface area (Å²) in [6.45, 7) is 0. The maximum atomic E-state index is 10.1. The molecule has 0 radical (unpaired) electrons. The number of carboxylic acid groups (broad SMARTS) is 1. The van der Waals surface area contributed by atoms with Gasteiger partial charge in [-0.25, -0.2) is 4.79 Å². The van der Waals surface area contributed by atoms with Crippen LogP contribution in [0.25, 0.3) is 0 Å². The third kappa shape index (κ3) is 3.79. The first-order valence-corrected chi connectivity index (χ1v) is 3.35. The van der Waals surface area contributed by atoms with E-state index in [1.54, 1.807) is 0 Å². The second-order valence-corrected chi connectivity index (χ2v) is 2.21. The van der Waals surface area contributed by atoms with Gasteiger partial charge in [-0.05, 0) is 0 Å². The molecule has 0 saturated heterocycles. The van der Waals surface area contributed by atoms with E-state index >= 15 is 0 Å². The Morgan fingerprint density at radius 3 is 2.20 bits per heavy atom. The largest absolute Gasteiger partial charge is 0.475 e. The lowest BCUT2D eigenvalue weighted by atomic mass is 10.3. The quantitative estimate of drug-likeness (QED) is 0.414. The number of carbonyl (C=O) groups is 2. The molecule has 5 nitrogen and oxygen atoms in total. The Morgan fingerprint density at radius 2 is 1.90 bits per heavy atom. The monoisotopic (exact) mass is 164 g/mol. The summed E-state index contributed by atoms with van der Waals surface area (Å²) >= 11 is 0. The second kappa shape index (κ2) is 3.78. The average Bonchev–Trinajstić information content (AvgIpc) is 1.82. The molecule has 0 aliphatic rings. The van der Waals surface area contributed by atoms with Gasteiger partial charge >= 0.3 is 5.97 Å². The Bertz CT molecular complexity index is 264. The van der Waals surface area contributed by atoms with Crippen molar-refractivity contribution in [3.63, 3.8) is 0 Å². The lowest BCUT2D eigenvalue weighted by molar-refractivity contribution is -0.148. The molecular weight excluding hydrogens is 160 g/mol. The predicted octanol–water partition coefficient (Wildman–Crippen LogP) is -1.29. The van der Waals surface area contributed by atoms with E-state index in [0.717, 1.165) is 0 Å². The fourth-order valence-electron chi connectivity index (χ4n) is 0.231. The number of aliphatic carboxylic acids is 1. The molecule has 1 N–H and O–H groups in total. The normalized spacial score (nSPS) is 8.40. The molecule has 0 bridgehead atoms. The molecule has 10 heavy (non-hydrogen) atoms. The number of carbonyl (C=O) groups excluding carboxylic acids is 1. The number of ketones is 1. The molecule has 0 rings (SSSR count). The summed E-state index contributed by atoms with van der Waals surface area (Å²) in [6, 6.07) is 0. The SMILES string of the molecule is O=C(O)C(=O)CC=S(=O)=O. The van der Waals surface area contributed by atoms with Crippen LogP contribution < -0.4 is 0 Å². The van der Waals surface area contributed by atoms with Crippen LogP contribution in [0.3, 0.4) is 0 Å². The molecule has 0 amide bonds. The van der Waals surface area contributed by atoms with E-state index in [0.29, 0.717) is 5.37 Å². The summed E-state index contributed by atoms with van der Waals surface area (Å²) in [4.78, 5) is 19.9. The Morgan fingerprint density at radius 1 is 1.40 bits per heavy atom. The third-order valence-electron chi connectivity index (χ3n) is 0.643.